The van der Waals surface area contributed by atoms with Gasteiger partial charge in [-0.05, 0) is 36.3 Å². The zero-order valence-electron chi connectivity index (χ0n) is 29.0. The van der Waals surface area contributed by atoms with Crippen molar-refractivity contribution >= 4 is 23.3 Å². The molecule has 11 N–H and O–H groups in total. The van der Waals surface area contributed by atoms with Crippen LogP contribution in [0.1, 0.15) is 90.1 Å². The second-order valence-electron chi connectivity index (χ2n) is 13.9. The zero-order valence-corrected chi connectivity index (χ0v) is 29.0. The van der Waals surface area contributed by atoms with E-state index in [1.807, 2.05) is 6.92 Å². The maximum Gasteiger partial charge on any atom is 0.238 e. The Morgan fingerprint density at radius 2 is 1.76 bits per heavy atom. The first-order valence-corrected chi connectivity index (χ1v) is 17.3. The Bertz CT molecular complexity index is 1390. The number of nitrogens with one attached hydrogen (secondary N) is 2. The van der Waals surface area contributed by atoms with Crippen molar-refractivity contribution in [1.82, 2.24) is 20.3 Å². The number of hydrogen-bond acceptors (Lipinski definition) is 12. The molecular formula is C35H55N7O7. The lowest BCUT2D eigenvalue weighted by Gasteiger charge is -2.50. The zero-order chi connectivity index (χ0) is 36.5. The number of ketones is 3. The lowest BCUT2D eigenvalue weighted by molar-refractivity contribution is -0.201. The molecule has 1 fully saturated rings. The molecular weight excluding hydrogens is 630 g/mol. The maximum atomic E-state index is 15.0. The predicted octanol–water partition coefficient (Wildman–Crippen LogP) is 0.637. The van der Waals surface area contributed by atoms with Crippen molar-refractivity contribution in [2.24, 2.45) is 40.4 Å². The number of amides is 1. The summed E-state index contributed by atoms with van der Waals surface area (Å²) in [5, 5.41) is 37.5. The van der Waals surface area contributed by atoms with E-state index in [0.717, 1.165) is 32.1 Å². The standard InChI is InChI=1S/C35H55N7O7/c1-5-21(4)28(38)30(45)29(26-13-9-10-14-40-26)42-33(48)34(20(2)3,31(46)25(37)16-23-17-39-19-41-23)35(49,27(44)18-43)32(47)24(36)15-22-11-7-6-8-12-22/h9-10,13-14,17,19-22,24-25,28-29,32,43,47,49H,5-8,11-12,15-16,18,36-38H2,1-4H3,(H,39,41)(H,42,48)/t21-,24-,25-,28-,29?,32+,34+,35-/m0/s1. The Morgan fingerprint density at radius 1 is 1.08 bits per heavy atom. The Kier molecular flexibility index (Phi) is 14.3. The number of H-pyrrole nitrogens is 1. The molecule has 2 aromatic rings. The molecule has 1 amide bonds. The smallest absolute Gasteiger partial charge is 0.238 e. The second kappa shape index (κ2) is 17.5. The number of hydrogen-bond donors (Lipinski definition) is 8. The number of rotatable bonds is 19. The first kappa shape index (κ1) is 40.0. The number of carbonyl (C=O) groups is 4. The molecule has 1 unspecified atom stereocenters. The number of pyridine rings is 1. The van der Waals surface area contributed by atoms with Gasteiger partial charge in [-0.25, -0.2) is 4.98 Å². The molecule has 0 bridgehead atoms. The van der Waals surface area contributed by atoms with Crippen LogP contribution >= 0.6 is 0 Å². The average molecular weight is 686 g/mol. The van der Waals surface area contributed by atoms with E-state index in [-0.39, 0.29) is 30.4 Å². The van der Waals surface area contributed by atoms with Gasteiger partial charge in [-0.3, -0.25) is 24.2 Å². The normalized spacial score (nSPS) is 20.2. The summed E-state index contributed by atoms with van der Waals surface area (Å²) in [7, 11) is 0. The Labute approximate surface area is 288 Å². The van der Waals surface area contributed by atoms with Crippen LogP contribution in [-0.4, -0.2) is 90.0 Å². The maximum absolute atomic E-state index is 15.0. The minimum Gasteiger partial charge on any atom is -0.388 e. The van der Waals surface area contributed by atoms with Crippen molar-refractivity contribution in [3.63, 3.8) is 0 Å². The Hall–Kier alpha value is -3.40. The SMILES string of the molecule is CC[C@H](C)[C@H](N)C(=O)C(NC(=O)[C@](C(=O)[C@@H](N)Cc1cnc[nH]1)(C(C)C)[C@](O)(C(=O)CO)[C@H](O)[C@@H](N)CC1CCCCC1)c1ccccn1. The highest BCUT2D eigenvalue weighted by molar-refractivity contribution is 6.15. The molecule has 14 heteroatoms. The number of carbonyl (C=O) groups excluding carboxylic acids is 4. The summed E-state index contributed by atoms with van der Waals surface area (Å²) >= 11 is 0. The third-order valence-corrected chi connectivity index (χ3v) is 10.4. The molecule has 2 aromatic heterocycles. The van der Waals surface area contributed by atoms with E-state index in [4.69, 9.17) is 17.2 Å². The molecule has 0 spiro atoms. The van der Waals surface area contributed by atoms with Crippen LogP contribution in [-0.2, 0) is 25.6 Å². The summed E-state index contributed by atoms with van der Waals surface area (Å²) in [6, 6.07) is -0.677. The van der Waals surface area contributed by atoms with Gasteiger partial charge in [-0.15, -0.1) is 0 Å². The number of aliphatic hydroxyl groups excluding tert-OH is 2. The third-order valence-electron chi connectivity index (χ3n) is 10.4. The minimum atomic E-state index is -3.28. The van der Waals surface area contributed by atoms with Gasteiger partial charge in [0.1, 0.15) is 24.2 Å². The van der Waals surface area contributed by atoms with Gasteiger partial charge in [0, 0.05) is 30.6 Å². The molecule has 1 aliphatic carbocycles. The fourth-order valence-corrected chi connectivity index (χ4v) is 7.27. The average Bonchev–Trinajstić information content (AvgIpc) is 3.62. The van der Waals surface area contributed by atoms with Crippen molar-refractivity contribution in [3.8, 4) is 0 Å². The topological polar surface area (TPSA) is 261 Å². The highest BCUT2D eigenvalue weighted by Crippen LogP contribution is 2.46. The first-order chi connectivity index (χ1) is 23.2. The van der Waals surface area contributed by atoms with E-state index < -0.39 is 77.1 Å². The van der Waals surface area contributed by atoms with Crippen LogP contribution in [0, 0.1) is 23.2 Å². The lowest BCUT2D eigenvalue weighted by atomic mass is 9.55. The lowest BCUT2D eigenvalue weighted by Crippen LogP contribution is -2.76. The van der Waals surface area contributed by atoms with Gasteiger partial charge in [-0.2, -0.15) is 0 Å². The molecule has 8 atom stereocenters. The summed E-state index contributed by atoms with van der Waals surface area (Å²) in [5.74, 6) is -5.89. The molecule has 0 aliphatic heterocycles. The van der Waals surface area contributed by atoms with E-state index in [9.17, 15) is 29.7 Å². The summed E-state index contributed by atoms with van der Waals surface area (Å²) in [6.45, 7) is 5.12. The van der Waals surface area contributed by atoms with Gasteiger partial charge in [-0.1, -0.05) is 72.3 Å². The van der Waals surface area contributed by atoms with E-state index in [1.54, 1.807) is 19.1 Å². The van der Waals surface area contributed by atoms with E-state index >= 15 is 4.79 Å². The second-order valence-corrected chi connectivity index (χ2v) is 13.9. The third kappa shape index (κ3) is 8.33. The highest BCUT2D eigenvalue weighted by atomic mass is 16.4. The molecule has 3 rings (SSSR count). The van der Waals surface area contributed by atoms with Crippen LogP contribution in [0.5, 0.6) is 0 Å². The molecule has 49 heavy (non-hydrogen) atoms. The van der Waals surface area contributed by atoms with Crippen LogP contribution in [0.15, 0.2) is 36.9 Å². The fraction of sp³-hybridized carbons (Fsp3) is 0.657. The van der Waals surface area contributed by atoms with Gasteiger partial charge < -0.3 is 42.8 Å². The van der Waals surface area contributed by atoms with Crippen LogP contribution in [0.3, 0.4) is 0 Å². The summed E-state index contributed by atoms with van der Waals surface area (Å²) in [5.41, 5.74) is 13.7. The highest BCUT2D eigenvalue weighted by Gasteiger charge is 2.70. The molecule has 1 aliphatic rings. The molecule has 14 nitrogen and oxygen atoms in total. The number of nitrogens with zero attached hydrogens (tertiary/aromatic N) is 2. The van der Waals surface area contributed by atoms with Gasteiger partial charge in [0.25, 0.3) is 0 Å². The summed E-state index contributed by atoms with van der Waals surface area (Å²) < 4.78 is 0. The van der Waals surface area contributed by atoms with Crippen molar-refractivity contribution in [2.75, 3.05) is 6.61 Å². The number of imidazole rings is 1. The van der Waals surface area contributed by atoms with Crippen LogP contribution in [0.2, 0.25) is 0 Å². The number of nitrogens with two attached hydrogens (primary N) is 3. The van der Waals surface area contributed by atoms with Crippen LogP contribution < -0.4 is 22.5 Å². The number of Topliss-reactive ketones (excluding diaryl/α,β-unsaturated/α-hetero) is 3. The molecule has 0 radical (unpaired) electrons. The Balaban J connectivity index is 2.26. The largest absolute Gasteiger partial charge is 0.388 e. The summed E-state index contributed by atoms with van der Waals surface area (Å²) in [4.78, 5) is 68.8. The monoisotopic (exact) mass is 685 g/mol. The van der Waals surface area contributed by atoms with Crippen LogP contribution in [0.4, 0.5) is 0 Å². The van der Waals surface area contributed by atoms with Crippen molar-refractivity contribution in [2.45, 2.75) is 115 Å². The quantitative estimate of drug-likeness (QED) is 0.0948. The Morgan fingerprint density at radius 3 is 2.29 bits per heavy atom. The molecule has 0 saturated heterocycles. The van der Waals surface area contributed by atoms with Crippen molar-refractivity contribution in [1.29, 1.82) is 0 Å². The predicted molar refractivity (Wildman–Crippen MR) is 182 cm³/mol. The number of aliphatic hydroxyl groups is 3. The molecule has 2 heterocycles. The summed E-state index contributed by atoms with van der Waals surface area (Å²) in [6.07, 6.45) is 7.16. The van der Waals surface area contributed by atoms with Gasteiger partial charge >= 0.3 is 0 Å². The molecule has 1 saturated carbocycles. The van der Waals surface area contributed by atoms with Crippen molar-refractivity contribution in [3.05, 3.63) is 48.3 Å². The minimum absolute atomic E-state index is 0.0701. The fourth-order valence-electron chi connectivity index (χ4n) is 7.27. The first-order valence-electron chi connectivity index (χ1n) is 17.3. The number of aromatic nitrogens is 3. The van der Waals surface area contributed by atoms with Crippen LogP contribution in [0.25, 0.3) is 0 Å². The van der Waals surface area contributed by atoms with Crippen molar-refractivity contribution < 1.29 is 34.5 Å². The van der Waals surface area contributed by atoms with Gasteiger partial charge in [0.2, 0.25) is 5.91 Å². The van der Waals surface area contributed by atoms with E-state index in [1.165, 1.54) is 38.6 Å². The van der Waals surface area contributed by atoms with E-state index in [0.29, 0.717) is 12.1 Å². The molecule has 272 valence electrons. The van der Waals surface area contributed by atoms with Gasteiger partial charge in [0.15, 0.2) is 23.0 Å². The van der Waals surface area contributed by atoms with Gasteiger partial charge in [0.05, 0.1) is 24.1 Å². The molecule has 0 aromatic carbocycles. The van der Waals surface area contributed by atoms with E-state index in [2.05, 4.69) is 20.3 Å². The number of aromatic amines is 1.